The Morgan fingerprint density at radius 2 is 2.08 bits per heavy atom. The van der Waals surface area contributed by atoms with Crippen LogP contribution in [0.15, 0.2) is 30.3 Å². The maximum Gasteiger partial charge on any atom is 0.0984 e. The van der Waals surface area contributed by atoms with Crippen molar-refractivity contribution in [3.05, 3.63) is 30.3 Å². The number of hydrogen-bond donors (Lipinski definition) is 0. The Bertz CT molecular complexity index is 243. The van der Waals surface area contributed by atoms with E-state index < -0.39 is 0 Å². The van der Waals surface area contributed by atoms with Gasteiger partial charge in [-0.1, -0.05) is 18.2 Å². The van der Waals surface area contributed by atoms with Crippen LogP contribution >= 0.6 is 0 Å². The smallest absolute Gasteiger partial charge is 0.0984 e. The highest BCUT2D eigenvalue weighted by molar-refractivity contribution is 5.45. The SMILES string of the molecule is CN(CC1CO1)c1ccccc1. The van der Waals surface area contributed by atoms with Crippen molar-refractivity contribution in [3.8, 4) is 0 Å². The molecule has 0 radical (unpaired) electrons. The van der Waals surface area contributed by atoms with Gasteiger partial charge in [0, 0.05) is 19.3 Å². The van der Waals surface area contributed by atoms with E-state index in [4.69, 9.17) is 4.74 Å². The van der Waals surface area contributed by atoms with Crippen molar-refractivity contribution in [3.63, 3.8) is 0 Å². The van der Waals surface area contributed by atoms with Crippen molar-refractivity contribution >= 4 is 5.69 Å². The second-order valence-corrected chi connectivity index (χ2v) is 3.17. The van der Waals surface area contributed by atoms with Crippen LogP contribution in [0, 0.1) is 0 Å². The molecule has 64 valence electrons. The van der Waals surface area contributed by atoms with Crippen LogP contribution in [-0.4, -0.2) is 26.3 Å². The Labute approximate surface area is 72.8 Å². The lowest BCUT2D eigenvalue weighted by atomic mass is 10.3. The zero-order valence-electron chi connectivity index (χ0n) is 7.23. The minimum Gasteiger partial charge on any atom is -0.372 e. The lowest BCUT2D eigenvalue weighted by Gasteiger charge is -2.17. The number of likely N-dealkylation sites (N-methyl/N-ethyl adjacent to an activating group) is 1. The van der Waals surface area contributed by atoms with Crippen LogP contribution in [-0.2, 0) is 4.74 Å². The van der Waals surface area contributed by atoms with E-state index in [1.165, 1.54) is 5.69 Å². The zero-order valence-corrected chi connectivity index (χ0v) is 7.23. The van der Waals surface area contributed by atoms with Crippen molar-refractivity contribution in [2.75, 3.05) is 25.1 Å². The lowest BCUT2D eigenvalue weighted by Crippen LogP contribution is -2.22. The number of hydrogen-bond acceptors (Lipinski definition) is 2. The molecule has 1 fully saturated rings. The van der Waals surface area contributed by atoms with E-state index in [9.17, 15) is 0 Å². The van der Waals surface area contributed by atoms with Crippen molar-refractivity contribution in [2.24, 2.45) is 0 Å². The van der Waals surface area contributed by atoms with Gasteiger partial charge in [-0.05, 0) is 12.1 Å². The van der Waals surface area contributed by atoms with Gasteiger partial charge in [-0.15, -0.1) is 0 Å². The summed E-state index contributed by atoms with van der Waals surface area (Å²) in [5, 5.41) is 0. The van der Waals surface area contributed by atoms with Gasteiger partial charge in [0.25, 0.3) is 0 Å². The lowest BCUT2D eigenvalue weighted by molar-refractivity contribution is 0.410. The molecule has 1 unspecified atom stereocenters. The Morgan fingerprint density at radius 1 is 1.42 bits per heavy atom. The molecule has 0 spiro atoms. The molecule has 0 aliphatic carbocycles. The van der Waals surface area contributed by atoms with E-state index in [1.54, 1.807) is 0 Å². The van der Waals surface area contributed by atoms with Crippen LogP contribution in [0.2, 0.25) is 0 Å². The quantitative estimate of drug-likeness (QED) is 0.628. The Hall–Kier alpha value is -1.02. The summed E-state index contributed by atoms with van der Waals surface area (Å²) in [7, 11) is 2.09. The van der Waals surface area contributed by atoms with Crippen LogP contribution < -0.4 is 4.90 Å². The van der Waals surface area contributed by atoms with E-state index in [-0.39, 0.29) is 0 Å². The summed E-state index contributed by atoms with van der Waals surface area (Å²) in [5.41, 5.74) is 1.26. The predicted molar refractivity (Wildman–Crippen MR) is 49.5 cm³/mol. The van der Waals surface area contributed by atoms with Crippen LogP contribution in [0.3, 0.4) is 0 Å². The second kappa shape index (κ2) is 3.15. The maximum atomic E-state index is 5.16. The van der Waals surface area contributed by atoms with Crippen LogP contribution in [0.4, 0.5) is 5.69 Å². The summed E-state index contributed by atoms with van der Waals surface area (Å²) in [5.74, 6) is 0. The number of benzene rings is 1. The molecular weight excluding hydrogens is 150 g/mol. The minimum absolute atomic E-state index is 0.468. The van der Waals surface area contributed by atoms with E-state index >= 15 is 0 Å². The van der Waals surface area contributed by atoms with Crippen LogP contribution in [0.5, 0.6) is 0 Å². The van der Waals surface area contributed by atoms with E-state index in [2.05, 4.69) is 36.2 Å². The third-order valence-corrected chi connectivity index (χ3v) is 2.08. The standard InChI is InChI=1S/C10H13NO/c1-11(7-10-8-12-10)9-5-3-2-4-6-9/h2-6,10H,7-8H2,1H3. The maximum absolute atomic E-state index is 5.16. The van der Waals surface area contributed by atoms with E-state index in [1.807, 2.05) is 6.07 Å². The largest absolute Gasteiger partial charge is 0.372 e. The highest BCUT2D eigenvalue weighted by Crippen LogP contribution is 2.16. The Balaban J connectivity index is 1.98. The summed E-state index contributed by atoms with van der Waals surface area (Å²) in [6, 6.07) is 10.4. The van der Waals surface area contributed by atoms with Crippen molar-refractivity contribution in [1.82, 2.24) is 0 Å². The third kappa shape index (κ3) is 1.77. The van der Waals surface area contributed by atoms with Gasteiger partial charge in [-0.3, -0.25) is 0 Å². The summed E-state index contributed by atoms with van der Waals surface area (Å²) in [4.78, 5) is 2.22. The number of ether oxygens (including phenoxy) is 1. The van der Waals surface area contributed by atoms with Gasteiger partial charge < -0.3 is 9.64 Å². The minimum atomic E-state index is 0.468. The van der Waals surface area contributed by atoms with Crippen molar-refractivity contribution in [1.29, 1.82) is 0 Å². The van der Waals surface area contributed by atoms with Crippen LogP contribution in [0.1, 0.15) is 0 Å². The number of nitrogens with zero attached hydrogens (tertiary/aromatic N) is 1. The Kier molecular flexibility index (Phi) is 2.00. The molecule has 1 aliphatic heterocycles. The first-order valence-corrected chi connectivity index (χ1v) is 4.24. The molecule has 1 aromatic carbocycles. The summed E-state index contributed by atoms with van der Waals surface area (Å²) < 4.78 is 5.16. The van der Waals surface area contributed by atoms with Gasteiger partial charge in [-0.25, -0.2) is 0 Å². The summed E-state index contributed by atoms with van der Waals surface area (Å²) >= 11 is 0. The molecule has 2 heteroatoms. The summed E-state index contributed by atoms with van der Waals surface area (Å²) in [6.07, 6.45) is 0.468. The molecule has 12 heavy (non-hydrogen) atoms. The first-order chi connectivity index (χ1) is 5.86. The fourth-order valence-electron chi connectivity index (χ4n) is 1.27. The number of rotatable bonds is 3. The first-order valence-electron chi connectivity index (χ1n) is 4.24. The van der Waals surface area contributed by atoms with Gasteiger partial charge in [0.1, 0.15) is 0 Å². The van der Waals surface area contributed by atoms with Gasteiger partial charge in [0.15, 0.2) is 0 Å². The molecule has 1 saturated heterocycles. The Morgan fingerprint density at radius 3 is 2.67 bits per heavy atom. The van der Waals surface area contributed by atoms with Gasteiger partial charge in [-0.2, -0.15) is 0 Å². The highest BCUT2D eigenvalue weighted by Gasteiger charge is 2.23. The zero-order chi connectivity index (χ0) is 8.39. The average molecular weight is 163 g/mol. The number of epoxide rings is 1. The van der Waals surface area contributed by atoms with Gasteiger partial charge in [0.05, 0.1) is 12.7 Å². The molecule has 1 heterocycles. The normalized spacial score (nSPS) is 20.6. The molecule has 1 aliphatic rings. The fraction of sp³-hybridized carbons (Fsp3) is 0.400. The van der Waals surface area contributed by atoms with Gasteiger partial charge >= 0.3 is 0 Å². The first kappa shape index (κ1) is 7.62. The molecule has 2 rings (SSSR count). The average Bonchev–Trinajstić information content (AvgIpc) is 2.90. The third-order valence-electron chi connectivity index (χ3n) is 2.08. The highest BCUT2D eigenvalue weighted by atomic mass is 16.6. The molecule has 1 aromatic rings. The summed E-state index contributed by atoms with van der Waals surface area (Å²) in [6.45, 7) is 1.93. The van der Waals surface area contributed by atoms with E-state index in [0.29, 0.717) is 6.10 Å². The van der Waals surface area contributed by atoms with Crippen molar-refractivity contribution in [2.45, 2.75) is 6.10 Å². The molecule has 0 amide bonds. The van der Waals surface area contributed by atoms with Crippen LogP contribution in [0.25, 0.3) is 0 Å². The number of para-hydroxylation sites is 1. The number of anilines is 1. The predicted octanol–water partition coefficient (Wildman–Crippen LogP) is 1.52. The molecule has 2 nitrogen and oxygen atoms in total. The van der Waals surface area contributed by atoms with Gasteiger partial charge in [0.2, 0.25) is 0 Å². The molecule has 0 saturated carbocycles. The van der Waals surface area contributed by atoms with Crippen molar-refractivity contribution < 1.29 is 4.74 Å². The molecule has 0 aromatic heterocycles. The molecule has 0 bridgehead atoms. The fourth-order valence-corrected chi connectivity index (χ4v) is 1.27. The molecule has 0 N–H and O–H groups in total. The van der Waals surface area contributed by atoms with E-state index in [0.717, 1.165) is 13.2 Å². The molecular formula is C10H13NO. The topological polar surface area (TPSA) is 15.8 Å². The molecule has 1 atom stereocenters. The monoisotopic (exact) mass is 163 g/mol. The second-order valence-electron chi connectivity index (χ2n) is 3.17.